The SMILES string of the molecule is CC(=O)CCC(=O)[C@@H]1CSCC(=O)N[C@@H](CCCCNC(=O)CCC(=O)Nc2ccc3c(S(=O)(=O)O)cccc3c2)C(=O)N[C@H]2CSSC[C@H](NC(=O)[C@H](CC(=O)O)CC(=O)CNC(=O)[C@H](CCCN=C(N)N)CC2=O)C(=O)CC(Cc2ccccc2)C(=O)N1.[NH-]CC[N-]CC(C[N-]CC[NH-])CC(=O)CCCC(=O)NCCCC[C@@H](N)C(N)=O.[O]=[Tc+]=[O]. The summed E-state index contributed by atoms with van der Waals surface area (Å²) in [5, 5.41) is 40.4. The third-order valence-corrected chi connectivity index (χ3v) is 23.2. The topological polar surface area (TPSA) is 670 Å². The van der Waals surface area contributed by atoms with Gasteiger partial charge >= 0.3 is 30.6 Å². The van der Waals surface area contributed by atoms with Gasteiger partial charge in [0.1, 0.15) is 22.5 Å². The molecule has 0 aliphatic carbocycles. The second-order valence-corrected chi connectivity index (χ2v) is 34.2. The standard InChI is InChI=1S/C59H76N10O17S4.C19H37N7O3.2O.Tc/c1-34(70)15-18-47(72)44-30-87-33-53(77)66-43(13-5-6-21-62-51(75)19-20-52(76)65-40-16-17-42-36(24-40)11-7-14-50(42)90(84,85)86)58(83)69-46-32-89-88-31-45(49(74)27-38(56(81)67-44)23-35-9-3-2-4-10-35)68-57(82)39(28-54(78)79)25-41(71)29-64-55(80)37(26-48(46)73)12-8-22-63-59(60)61;20-7-10-24-13-15(14-25-11-8-21)12-16(27)4-3-6-18(28)26-9-2-1-5-17(22)19(23)29;;;/h2-4,7,9-11,14,16-17,24,37-39,43-46H,5-6,8,12-13,15,18-23,25-33H2,1H3,(H,62,75)(H,64,80)(H,65,76)(H,66,77)(H,67,81)(H,68,82)(H,69,83)(H,78,79)(H4,60,61,63)(H,84,85,86);15,17,20-21H,1-14,22H2,(H2,23,29)(H,26,28);;;/q;-4;;;+1/t37-,38?,39+,43+,44+,45+,46+;17-;;;/m11.../s1. The van der Waals surface area contributed by atoms with E-state index < -0.39 is 184 Å². The molecule has 0 radical (unpaired) electrons. The Bertz CT molecular complexity index is 4180. The molecule has 3 aromatic rings. The molecule has 1 unspecified atom stereocenters. The van der Waals surface area contributed by atoms with E-state index in [0.717, 1.165) is 39.8 Å². The predicted octanol–water partition coefficient (Wildman–Crippen LogP) is 3.17. The summed E-state index contributed by atoms with van der Waals surface area (Å²) >= 11 is -0.995. The number of aliphatic carboxylic acids is 1. The van der Waals surface area contributed by atoms with Crippen LogP contribution in [0.4, 0.5) is 5.69 Å². The van der Waals surface area contributed by atoms with Gasteiger partial charge in [-0.15, -0.1) is 24.9 Å². The normalized spacial score (nSPS) is 18.9. The van der Waals surface area contributed by atoms with Crippen molar-refractivity contribution in [2.45, 2.75) is 177 Å². The van der Waals surface area contributed by atoms with E-state index >= 15 is 0 Å². The summed E-state index contributed by atoms with van der Waals surface area (Å²) in [5.74, 6) is -15.2. The number of carbonyl (C=O) groups excluding carboxylic acids is 15. The van der Waals surface area contributed by atoms with Crippen LogP contribution in [0, 0.1) is 23.7 Å². The molecule has 2 fully saturated rings. The van der Waals surface area contributed by atoms with E-state index in [-0.39, 0.29) is 153 Å². The minimum absolute atomic E-state index is 0.00146. The number of amides is 9. The number of ketones is 6. The summed E-state index contributed by atoms with van der Waals surface area (Å²) in [6.07, 6.45) is 0.449. The van der Waals surface area contributed by atoms with Gasteiger partial charge in [0.05, 0.1) is 48.8 Å². The Kier molecular flexibility index (Phi) is 53.1. The van der Waals surface area contributed by atoms with Gasteiger partial charge in [-0.05, 0) is 100 Å². The zero-order chi connectivity index (χ0) is 90.5. The molecule has 39 nitrogen and oxygen atoms in total. The number of Topliss-reactive ketones (excluding diaryl/α,β-unsaturated/α-hetero) is 6. The molecule has 676 valence electrons. The van der Waals surface area contributed by atoms with Crippen LogP contribution >= 0.6 is 33.3 Å². The number of carboxylic acids is 1. The molecule has 0 aromatic heterocycles. The fraction of sp³-hybridized carbons (Fsp3) is 0.577. The molecule has 2 heterocycles. The van der Waals surface area contributed by atoms with Crippen LogP contribution < -0.4 is 65.5 Å². The van der Waals surface area contributed by atoms with Crippen molar-refractivity contribution in [3.05, 3.63) is 94.4 Å². The zero-order valence-corrected chi connectivity index (χ0v) is 73.1. The molecule has 3 aromatic carbocycles. The summed E-state index contributed by atoms with van der Waals surface area (Å²) in [6.45, 7) is 3.61. The van der Waals surface area contributed by atoms with Gasteiger partial charge in [-0.3, -0.25) is 81.5 Å². The van der Waals surface area contributed by atoms with Crippen LogP contribution in [-0.4, -0.2) is 237 Å². The molecule has 9 amide bonds. The number of nitrogens with zero attached hydrogens (tertiary/aromatic N) is 3. The number of primary amides is 1. The van der Waals surface area contributed by atoms with Gasteiger partial charge in [0.25, 0.3) is 10.1 Å². The number of guanidine groups is 1. The number of hydrogen-bond donors (Lipinski definition) is 14. The first-order valence-corrected chi connectivity index (χ1v) is 46.2. The summed E-state index contributed by atoms with van der Waals surface area (Å²) < 4.78 is 50.2. The molecule has 20 N–H and O–H groups in total. The van der Waals surface area contributed by atoms with Gasteiger partial charge < -0.3 is 97.5 Å². The molecule has 2 saturated heterocycles. The van der Waals surface area contributed by atoms with Crippen molar-refractivity contribution in [3.63, 3.8) is 0 Å². The van der Waals surface area contributed by atoms with Crippen LogP contribution in [0.5, 0.6) is 0 Å². The number of anilines is 1. The number of unbranched alkanes of at least 4 members (excludes halogenated alkanes) is 2. The Morgan fingerprint density at radius 2 is 1.26 bits per heavy atom. The van der Waals surface area contributed by atoms with Gasteiger partial charge in [0, 0.05) is 124 Å². The fourth-order valence-corrected chi connectivity index (χ4v) is 16.4. The van der Waals surface area contributed by atoms with Crippen LogP contribution in [0.25, 0.3) is 32.9 Å². The monoisotopic (exact) mass is 1860 g/mol. The van der Waals surface area contributed by atoms with E-state index in [9.17, 15) is 94.8 Å². The number of carbonyl (C=O) groups is 16. The Labute approximate surface area is 728 Å². The third-order valence-electron chi connectivity index (χ3n) is 18.8. The van der Waals surface area contributed by atoms with Crippen molar-refractivity contribution in [2.24, 2.45) is 51.6 Å². The number of nitrogens with one attached hydrogen (secondary N) is 10. The third kappa shape index (κ3) is 45.9. The van der Waals surface area contributed by atoms with Gasteiger partial charge in [-0.25, -0.2) is 0 Å². The van der Waals surface area contributed by atoms with Gasteiger partial charge in [0.2, 0.25) is 53.2 Å². The predicted molar refractivity (Wildman–Crippen MR) is 455 cm³/mol. The molecule has 44 heteroatoms. The number of fused-ring (bicyclic) bond motifs is 6. The first-order valence-electron chi connectivity index (χ1n) is 39.6. The molecule has 2 aliphatic rings. The molecular formula is C78H113N17O22S4Tc-3. The molecule has 8 atom stereocenters. The van der Waals surface area contributed by atoms with E-state index in [2.05, 4.69) is 58.2 Å². The molecular weight excluding hydrogens is 1750 g/mol. The molecule has 5 rings (SSSR count). The zero-order valence-electron chi connectivity index (χ0n) is 68.0. The average Bonchev–Trinajstić information content (AvgIpc) is 0.792. The van der Waals surface area contributed by atoms with Crippen molar-refractivity contribution < 1.29 is 119 Å². The van der Waals surface area contributed by atoms with Gasteiger partial charge in [0.15, 0.2) is 29.1 Å². The maximum absolute atomic E-state index is 14.6. The van der Waals surface area contributed by atoms with Crippen LogP contribution in [0.15, 0.2) is 76.6 Å². The summed E-state index contributed by atoms with van der Waals surface area (Å²) in [6, 6.07) is 11.1. The number of benzene rings is 3. The van der Waals surface area contributed by atoms with Gasteiger partial charge in [-0.2, -0.15) is 34.6 Å². The molecule has 2 bridgehead atoms. The van der Waals surface area contributed by atoms with E-state index in [0.29, 0.717) is 87.9 Å². The average molecular weight is 1870 g/mol. The quantitative estimate of drug-likeness (QED) is 0.0127. The van der Waals surface area contributed by atoms with Crippen molar-refractivity contribution in [1.82, 2.24) is 37.2 Å². The van der Waals surface area contributed by atoms with E-state index in [1.165, 1.54) is 37.3 Å². The molecule has 0 spiro atoms. The second kappa shape index (κ2) is 60.5. The fourth-order valence-electron chi connectivity index (χ4n) is 12.4. The Morgan fingerprint density at radius 1 is 0.656 bits per heavy atom. The van der Waals surface area contributed by atoms with Crippen LogP contribution in [-0.2, 0) is 118 Å². The first kappa shape index (κ1) is 107. The van der Waals surface area contributed by atoms with Gasteiger partial charge in [-0.1, -0.05) is 76.0 Å². The maximum atomic E-state index is 14.6. The molecule has 0 saturated carbocycles. The van der Waals surface area contributed by atoms with Crippen LogP contribution in [0.2, 0.25) is 0 Å². The Morgan fingerprint density at radius 3 is 1.87 bits per heavy atom. The summed E-state index contributed by atoms with van der Waals surface area (Å²) in [4.78, 5) is 216. The van der Waals surface area contributed by atoms with E-state index in [4.69, 9.17) is 41.4 Å². The Hall–Kier alpha value is -9.08. The number of hydrogen-bond acceptors (Lipinski definition) is 25. The summed E-state index contributed by atoms with van der Waals surface area (Å²) in [7, 11) is -2.56. The summed E-state index contributed by atoms with van der Waals surface area (Å²) in [5.41, 5.74) is 36.8. The number of aliphatic imine (C=N–C) groups is 1. The van der Waals surface area contributed by atoms with E-state index in [1.54, 1.807) is 36.4 Å². The molecule has 2 aliphatic heterocycles. The second-order valence-electron chi connectivity index (χ2n) is 28.9. The van der Waals surface area contributed by atoms with Crippen molar-refractivity contribution in [2.75, 3.05) is 93.8 Å². The first-order chi connectivity index (χ1) is 58.1. The number of nitrogens with two attached hydrogens (primary N) is 4. The van der Waals surface area contributed by atoms with Crippen LogP contribution in [0.3, 0.4) is 0 Å². The number of thioether (sulfide) groups is 1. The van der Waals surface area contributed by atoms with Crippen LogP contribution in [0.1, 0.15) is 141 Å². The van der Waals surface area contributed by atoms with Crippen molar-refractivity contribution >= 4 is 160 Å². The molecule has 122 heavy (non-hydrogen) atoms. The van der Waals surface area contributed by atoms with E-state index in [1.807, 2.05) is 0 Å². The van der Waals surface area contributed by atoms with Crippen molar-refractivity contribution in [3.8, 4) is 0 Å². The minimum atomic E-state index is -4.52. The van der Waals surface area contributed by atoms with Crippen molar-refractivity contribution in [1.29, 1.82) is 0 Å². The Balaban J connectivity index is 0.00000101. The number of carboxylic acid groups (broad SMARTS) is 1. The number of rotatable bonds is 42.